The van der Waals surface area contributed by atoms with Crippen LogP contribution >= 0.6 is 0 Å². The van der Waals surface area contributed by atoms with E-state index >= 15 is 0 Å². The predicted molar refractivity (Wildman–Crippen MR) is 98.7 cm³/mol. The lowest BCUT2D eigenvalue weighted by Crippen LogP contribution is -2.15. The molecule has 2 nitrogen and oxygen atoms in total. The summed E-state index contributed by atoms with van der Waals surface area (Å²) in [5.74, 6) is 1.68. The summed E-state index contributed by atoms with van der Waals surface area (Å²) in [5.41, 5.74) is 4.64. The molecular weight excluding hydrogens is 282 g/mol. The zero-order valence-electron chi connectivity index (χ0n) is 14.5. The molecule has 120 valence electrons. The molecular formula is C21H25NO. The van der Waals surface area contributed by atoms with Crippen LogP contribution in [-0.4, -0.2) is 12.4 Å². The Hall–Kier alpha value is -2.35. The Morgan fingerprint density at radius 2 is 1.57 bits per heavy atom. The summed E-state index contributed by atoms with van der Waals surface area (Å²) in [5, 5.41) is 0. The van der Waals surface area contributed by atoms with Crippen molar-refractivity contribution in [3.63, 3.8) is 0 Å². The Morgan fingerprint density at radius 3 is 2.17 bits per heavy atom. The van der Waals surface area contributed by atoms with Gasteiger partial charge in [0.25, 0.3) is 0 Å². The van der Waals surface area contributed by atoms with E-state index in [2.05, 4.69) is 55.2 Å². The van der Waals surface area contributed by atoms with Gasteiger partial charge in [0, 0.05) is 11.1 Å². The number of hydrogen-bond acceptors (Lipinski definition) is 2. The van der Waals surface area contributed by atoms with Crippen LogP contribution in [0.4, 0.5) is 0 Å². The minimum atomic E-state index is 0.712. The summed E-state index contributed by atoms with van der Waals surface area (Å²) in [6, 6.07) is 18.6. The van der Waals surface area contributed by atoms with E-state index in [1.165, 1.54) is 11.1 Å². The third-order valence-corrected chi connectivity index (χ3v) is 3.69. The van der Waals surface area contributed by atoms with Gasteiger partial charge in [0.05, 0.1) is 6.54 Å². The Morgan fingerprint density at radius 1 is 0.913 bits per heavy atom. The minimum Gasteiger partial charge on any atom is -0.438 e. The zero-order chi connectivity index (χ0) is 16.7. The SMILES string of the molecule is CC.CCC1=C(c2ccccc2)OC(c2ccc(C)cc2)=NC1. The second kappa shape index (κ2) is 8.33. The van der Waals surface area contributed by atoms with Crippen molar-refractivity contribution in [1.82, 2.24) is 0 Å². The molecule has 2 aromatic rings. The van der Waals surface area contributed by atoms with Crippen molar-refractivity contribution in [1.29, 1.82) is 0 Å². The first-order valence-corrected chi connectivity index (χ1v) is 8.34. The van der Waals surface area contributed by atoms with Gasteiger partial charge in [-0.05, 0) is 31.1 Å². The van der Waals surface area contributed by atoms with Gasteiger partial charge in [0.15, 0.2) is 0 Å². The van der Waals surface area contributed by atoms with Gasteiger partial charge in [-0.1, -0.05) is 68.8 Å². The highest BCUT2D eigenvalue weighted by Gasteiger charge is 2.18. The highest BCUT2D eigenvalue weighted by molar-refractivity contribution is 5.98. The summed E-state index contributed by atoms with van der Waals surface area (Å²) in [6.07, 6.45) is 0.953. The van der Waals surface area contributed by atoms with Crippen molar-refractivity contribution < 1.29 is 4.74 Å². The van der Waals surface area contributed by atoms with E-state index in [1.54, 1.807) is 0 Å². The first-order valence-electron chi connectivity index (χ1n) is 8.34. The molecule has 23 heavy (non-hydrogen) atoms. The molecule has 0 aliphatic carbocycles. The van der Waals surface area contributed by atoms with E-state index in [0.717, 1.165) is 23.3 Å². The smallest absolute Gasteiger partial charge is 0.222 e. The molecule has 1 aliphatic heterocycles. The number of rotatable bonds is 3. The maximum atomic E-state index is 6.13. The molecule has 3 rings (SSSR count). The molecule has 0 spiro atoms. The second-order valence-electron chi connectivity index (χ2n) is 5.24. The highest BCUT2D eigenvalue weighted by atomic mass is 16.5. The van der Waals surface area contributed by atoms with Gasteiger partial charge >= 0.3 is 0 Å². The number of ether oxygens (including phenoxy) is 1. The van der Waals surface area contributed by atoms with Gasteiger partial charge < -0.3 is 4.74 Å². The number of nitrogens with zero attached hydrogens (tertiary/aromatic N) is 1. The standard InChI is InChI=1S/C19H19NO.C2H6/c1-3-15-13-20-19(17-11-9-14(2)10-12-17)21-18(15)16-7-5-4-6-8-16;1-2/h4-12H,3,13H2,1-2H3;1-2H3. The van der Waals surface area contributed by atoms with Crippen molar-refractivity contribution in [2.45, 2.75) is 34.1 Å². The molecule has 2 heteroatoms. The molecule has 0 fully saturated rings. The van der Waals surface area contributed by atoms with Crippen LogP contribution in [0.1, 0.15) is 43.9 Å². The average molecular weight is 307 g/mol. The Kier molecular flexibility index (Phi) is 6.16. The largest absolute Gasteiger partial charge is 0.438 e. The number of benzene rings is 2. The fraction of sp³-hybridized carbons (Fsp3) is 0.286. The first-order chi connectivity index (χ1) is 11.3. The fourth-order valence-corrected chi connectivity index (χ4v) is 2.41. The van der Waals surface area contributed by atoms with Gasteiger partial charge in [-0.15, -0.1) is 0 Å². The molecule has 0 bridgehead atoms. The molecule has 0 saturated carbocycles. The quantitative estimate of drug-likeness (QED) is 0.721. The van der Waals surface area contributed by atoms with E-state index in [0.29, 0.717) is 12.4 Å². The third kappa shape index (κ3) is 4.10. The molecule has 0 aromatic heterocycles. The topological polar surface area (TPSA) is 21.6 Å². The van der Waals surface area contributed by atoms with Gasteiger partial charge in [-0.2, -0.15) is 0 Å². The first kappa shape index (κ1) is 17.0. The zero-order valence-corrected chi connectivity index (χ0v) is 14.5. The van der Waals surface area contributed by atoms with Gasteiger partial charge in [-0.25, -0.2) is 4.99 Å². The molecule has 0 radical (unpaired) electrons. The van der Waals surface area contributed by atoms with Gasteiger partial charge in [0.2, 0.25) is 5.90 Å². The monoisotopic (exact) mass is 307 g/mol. The Labute approximate surface area is 139 Å². The minimum absolute atomic E-state index is 0.712. The van der Waals surface area contributed by atoms with Crippen LogP contribution in [0.3, 0.4) is 0 Å². The lowest BCUT2D eigenvalue weighted by Gasteiger charge is -2.21. The summed E-state index contributed by atoms with van der Waals surface area (Å²) < 4.78 is 6.13. The summed E-state index contributed by atoms with van der Waals surface area (Å²) in [7, 11) is 0. The fourth-order valence-electron chi connectivity index (χ4n) is 2.41. The summed E-state index contributed by atoms with van der Waals surface area (Å²) in [6.45, 7) is 8.94. The highest BCUT2D eigenvalue weighted by Crippen LogP contribution is 2.27. The Bertz CT molecular complexity index is 682. The number of hydrogen-bond donors (Lipinski definition) is 0. The van der Waals surface area contributed by atoms with Crippen LogP contribution in [0.5, 0.6) is 0 Å². The second-order valence-corrected chi connectivity index (χ2v) is 5.24. The van der Waals surface area contributed by atoms with E-state index in [9.17, 15) is 0 Å². The van der Waals surface area contributed by atoms with Crippen molar-refractivity contribution >= 4 is 11.7 Å². The van der Waals surface area contributed by atoms with E-state index < -0.39 is 0 Å². The van der Waals surface area contributed by atoms with Crippen molar-refractivity contribution in [3.05, 3.63) is 76.9 Å². The number of aliphatic imine (C=N–C) groups is 1. The molecule has 0 atom stereocenters. The summed E-state index contributed by atoms with van der Waals surface area (Å²) >= 11 is 0. The van der Waals surface area contributed by atoms with E-state index in [1.807, 2.05) is 32.0 Å². The van der Waals surface area contributed by atoms with Crippen molar-refractivity contribution in [3.8, 4) is 0 Å². The van der Waals surface area contributed by atoms with Crippen LogP contribution < -0.4 is 0 Å². The molecule has 0 unspecified atom stereocenters. The molecule has 1 heterocycles. The molecule has 0 N–H and O–H groups in total. The maximum Gasteiger partial charge on any atom is 0.222 e. The summed E-state index contributed by atoms with van der Waals surface area (Å²) in [4.78, 5) is 4.59. The van der Waals surface area contributed by atoms with Gasteiger partial charge in [-0.3, -0.25) is 0 Å². The normalized spacial score (nSPS) is 13.7. The Balaban J connectivity index is 0.000000924. The van der Waals surface area contributed by atoms with Crippen LogP contribution in [-0.2, 0) is 4.74 Å². The molecule has 0 saturated heterocycles. The van der Waals surface area contributed by atoms with Crippen LogP contribution in [0.2, 0.25) is 0 Å². The third-order valence-electron chi connectivity index (χ3n) is 3.69. The maximum absolute atomic E-state index is 6.13. The van der Waals surface area contributed by atoms with Crippen LogP contribution in [0, 0.1) is 6.92 Å². The lowest BCUT2D eigenvalue weighted by molar-refractivity contribution is 0.487. The molecule has 0 amide bonds. The van der Waals surface area contributed by atoms with Crippen molar-refractivity contribution in [2.75, 3.05) is 6.54 Å². The average Bonchev–Trinajstić information content (AvgIpc) is 2.64. The van der Waals surface area contributed by atoms with E-state index in [4.69, 9.17) is 4.74 Å². The van der Waals surface area contributed by atoms with Crippen LogP contribution in [0.15, 0.2) is 65.2 Å². The van der Waals surface area contributed by atoms with Crippen molar-refractivity contribution in [2.24, 2.45) is 4.99 Å². The lowest BCUT2D eigenvalue weighted by atomic mass is 10.0. The van der Waals surface area contributed by atoms with Crippen LogP contribution in [0.25, 0.3) is 5.76 Å². The predicted octanol–water partition coefficient (Wildman–Crippen LogP) is 5.62. The molecule has 1 aliphatic rings. The van der Waals surface area contributed by atoms with Gasteiger partial charge in [0.1, 0.15) is 5.76 Å². The number of aryl methyl sites for hydroxylation is 1. The molecule has 2 aromatic carbocycles. The van der Waals surface area contributed by atoms with E-state index in [-0.39, 0.29) is 0 Å².